The first-order chi connectivity index (χ1) is 18.0. The number of anilines is 1. The third-order valence-corrected chi connectivity index (χ3v) is 8.77. The molecule has 0 aliphatic carbocycles. The Kier molecular flexibility index (Phi) is 6.73. The van der Waals surface area contributed by atoms with Crippen LogP contribution >= 0.6 is 0 Å². The Morgan fingerprint density at radius 1 is 0.757 bits per heavy atom. The maximum atomic E-state index is 13.2. The van der Waals surface area contributed by atoms with E-state index in [1.807, 2.05) is 6.07 Å². The molecule has 0 saturated carbocycles. The second kappa shape index (κ2) is 10.2. The van der Waals surface area contributed by atoms with Crippen molar-refractivity contribution in [2.75, 3.05) is 70.3 Å². The molecular formula is C27H36N6O4. The normalized spacial score (nSPS) is 26.4. The van der Waals surface area contributed by atoms with E-state index in [0.29, 0.717) is 17.0 Å². The molecule has 198 valence electrons. The topological polar surface area (TPSA) is 105 Å². The number of imide groups is 2. The highest BCUT2D eigenvalue weighted by molar-refractivity contribution is 6.23. The van der Waals surface area contributed by atoms with Gasteiger partial charge in [0.25, 0.3) is 11.8 Å². The number of carbonyl (C=O) groups excluding carboxylic acids is 4. The molecule has 10 heteroatoms. The summed E-state index contributed by atoms with van der Waals surface area (Å²) in [6.07, 6.45) is 2.52. The highest BCUT2D eigenvalue weighted by atomic mass is 16.2. The number of fused-ring (bicyclic) bond motifs is 1. The maximum absolute atomic E-state index is 13.2. The first kappa shape index (κ1) is 24.5. The third-order valence-electron chi connectivity index (χ3n) is 8.77. The number of amides is 4. The van der Waals surface area contributed by atoms with Gasteiger partial charge < -0.3 is 20.0 Å². The van der Waals surface area contributed by atoms with Gasteiger partial charge >= 0.3 is 0 Å². The lowest BCUT2D eigenvalue weighted by molar-refractivity contribution is -0.136. The number of rotatable bonds is 6. The van der Waals surface area contributed by atoms with Gasteiger partial charge in [0, 0.05) is 77.6 Å². The van der Waals surface area contributed by atoms with E-state index < -0.39 is 23.8 Å². The molecule has 5 heterocycles. The van der Waals surface area contributed by atoms with E-state index in [-0.39, 0.29) is 18.7 Å². The predicted molar refractivity (Wildman–Crippen MR) is 137 cm³/mol. The first-order valence-corrected chi connectivity index (χ1v) is 13.7. The number of nitrogens with zero attached hydrogens (tertiary/aromatic N) is 4. The zero-order valence-electron chi connectivity index (χ0n) is 21.3. The fraction of sp³-hybridized carbons (Fsp3) is 0.630. The molecule has 4 fully saturated rings. The third kappa shape index (κ3) is 4.89. The van der Waals surface area contributed by atoms with E-state index in [9.17, 15) is 19.2 Å². The van der Waals surface area contributed by atoms with Gasteiger partial charge in [-0.05, 0) is 49.3 Å². The molecular weight excluding hydrogens is 472 g/mol. The number of nitrogens with one attached hydrogen (secondary N) is 2. The molecule has 1 aromatic carbocycles. The summed E-state index contributed by atoms with van der Waals surface area (Å²) >= 11 is 0. The second-order valence-electron chi connectivity index (χ2n) is 11.2. The summed E-state index contributed by atoms with van der Waals surface area (Å²) < 4.78 is 0. The van der Waals surface area contributed by atoms with E-state index in [2.05, 4.69) is 25.3 Å². The van der Waals surface area contributed by atoms with Crippen LogP contribution in [-0.2, 0) is 9.59 Å². The van der Waals surface area contributed by atoms with E-state index in [4.69, 9.17) is 0 Å². The van der Waals surface area contributed by atoms with Crippen LogP contribution in [-0.4, -0.2) is 110 Å². The van der Waals surface area contributed by atoms with E-state index in [1.54, 1.807) is 12.1 Å². The van der Waals surface area contributed by atoms with Gasteiger partial charge in [-0.3, -0.25) is 29.4 Å². The van der Waals surface area contributed by atoms with Crippen molar-refractivity contribution < 1.29 is 19.2 Å². The lowest BCUT2D eigenvalue weighted by atomic mass is 9.95. The highest BCUT2D eigenvalue weighted by Crippen LogP contribution is 2.32. The van der Waals surface area contributed by atoms with Crippen molar-refractivity contribution in [2.45, 2.75) is 31.7 Å². The minimum absolute atomic E-state index is 0.123. The summed E-state index contributed by atoms with van der Waals surface area (Å²) in [6.45, 7) is 11.3. The zero-order chi connectivity index (χ0) is 25.5. The molecule has 10 nitrogen and oxygen atoms in total. The van der Waals surface area contributed by atoms with Gasteiger partial charge in [0.05, 0.1) is 11.1 Å². The lowest BCUT2D eigenvalue weighted by Crippen LogP contribution is -2.54. The van der Waals surface area contributed by atoms with Crippen LogP contribution in [0, 0.1) is 11.8 Å². The molecule has 0 bridgehead atoms. The van der Waals surface area contributed by atoms with Gasteiger partial charge in [0.2, 0.25) is 11.8 Å². The van der Waals surface area contributed by atoms with Crippen LogP contribution in [0.3, 0.4) is 0 Å². The maximum Gasteiger partial charge on any atom is 0.262 e. The van der Waals surface area contributed by atoms with Crippen molar-refractivity contribution in [2.24, 2.45) is 11.8 Å². The molecule has 1 aromatic rings. The van der Waals surface area contributed by atoms with Crippen LogP contribution in [0.15, 0.2) is 18.2 Å². The molecule has 0 radical (unpaired) electrons. The SMILES string of the molecule is O=C1CCC(N2C(=O)c3ccc(N4CCC(CN5CCN(CC6CNC6)CC5)CC4)cc3C2=O)C(=O)N1. The predicted octanol–water partition coefficient (Wildman–Crippen LogP) is 0.141. The summed E-state index contributed by atoms with van der Waals surface area (Å²) in [5.41, 5.74) is 1.63. The number of carbonyl (C=O) groups is 4. The largest absolute Gasteiger partial charge is 0.371 e. The monoisotopic (exact) mass is 508 g/mol. The summed E-state index contributed by atoms with van der Waals surface area (Å²) in [7, 11) is 0. The van der Waals surface area contributed by atoms with Crippen LogP contribution in [0.4, 0.5) is 5.69 Å². The summed E-state index contributed by atoms with van der Waals surface area (Å²) in [5, 5.41) is 5.61. The van der Waals surface area contributed by atoms with Crippen LogP contribution in [0.25, 0.3) is 0 Å². The molecule has 1 atom stereocenters. The minimum Gasteiger partial charge on any atom is -0.371 e. The summed E-state index contributed by atoms with van der Waals surface area (Å²) in [6, 6.07) is 4.50. The molecule has 5 aliphatic rings. The average Bonchev–Trinajstić information content (AvgIpc) is 3.12. The Morgan fingerprint density at radius 3 is 2.03 bits per heavy atom. The Balaban J connectivity index is 1.02. The Morgan fingerprint density at radius 2 is 1.41 bits per heavy atom. The number of hydrogen-bond acceptors (Lipinski definition) is 8. The van der Waals surface area contributed by atoms with Gasteiger partial charge in [-0.25, -0.2) is 0 Å². The van der Waals surface area contributed by atoms with E-state index in [1.165, 1.54) is 32.7 Å². The smallest absolute Gasteiger partial charge is 0.262 e. The lowest BCUT2D eigenvalue weighted by Gasteiger charge is -2.41. The van der Waals surface area contributed by atoms with Crippen molar-refractivity contribution >= 4 is 29.3 Å². The van der Waals surface area contributed by atoms with Crippen molar-refractivity contribution in [3.05, 3.63) is 29.3 Å². The van der Waals surface area contributed by atoms with Crippen molar-refractivity contribution in [3.63, 3.8) is 0 Å². The molecule has 37 heavy (non-hydrogen) atoms. The Hall–Kier alpha value is -2.82. The minimum atomic E-state index is -0.929. The number of piperidine rings is 2. The van der Waals surface area contributed by atoms with Crippen molar-refractivity contribution in [1.29, 1.82) is 0 Å². The molecule has 0 aromatic heterocycles. The highest BCUT2D eigenvalue weighted by Gasteiger charge is 2.44. The van der Waals surface area contributed by atoms with Crippen molar-refractivity contribution in [3.8, 4) is 0 Å². The van der Waals surface area contributed by atoms with Gasteiger partial charge in [0.15, 0.2) is 0 Å². The molecule has 1 unspecified atom stereocenters. The van der Waals surface area contributed by atoms with Crippen molar-refractivity contribution in [1.82, 2.24) is 25.3 Å². The molecule has 4 amide bonds. The quantitative estimate of drug-likeness (QED) is 0.523. The Labute approximate surface area is 217 Å². The van der Waals surface area contributed by atoms with E-state index >= 15 is 0 Å². The van der Waals surface area contributed by atoms with Gasteiger partial charge in [0.1, 0.15) is 6.04 Å². The first-order valence-electron chi connectivity index (χ1n) is 13.7. The van der Waals surface area contributed by atoms with Gasteiger partial charge in [-0.2, -0.15) is 0 Å². The number of hydrogen-bond donors (Lipinski definition) is 2. The standard InChI is InChI=1S/C27H36N6O4/c34-24-4-3-23(25(35)29-24)33-26(36)21-2-1-20(13-22(21)27(33)37)32-7-5-18(6-8-32)16-30-9-11-31(12-10-30)17-19-14-28-15-19/h1-2,13,18-19,23,28H,3-12,14-17H2,(H,29,34,35). The molecule has 2 N–H and O–H groups in total. The zero-order valence-corrected chi connectivity index (χ0v) is 21.3. The molecule has 6 rings (SSSR count). The average molecular weight is 509 g/mol. The summed E-state index contributed by atoms with van der Waals surface area (Å²) in [5.74, 6) is -0.330. The van der Waals surface area contributed by atoms with Crippen LogP contribution in [0.5, 0.6) is 0 Å². The fourth-order valence-corrected chi connectivity index (χ4v) is 6.39. The van der Waals surface area contributed by atoms with Crippen LogP contribution < -0.4 is 15.5 Å². The Bertz CT molecular complexity index is 1090. The number of piperazine rings is 1. The fourth-order valence-electron chi connectivity index (χ4n) is 6.39. The van der Waals surface area contributed by atoms with Gasteiger partial charge in [-0.1, -0.05) is 0 Å². The molecule has 4 saturated heterocycles. The van der Waals surface area contributed by atoms with Crippen LogP contribution in [0.1, 0.15) is 46.4 Å². The molecule has 0 spiro atoms. The number of benzene rings is 1. The molecule has 5 aliphatic heterocycles. The second-order valence-corrected chi connectivity index (χ2v) is 11.2. The van der Waals surface area contributed by atoms with E-state index in [0.717, 1.165) is 62.1 Å². The summed E-state index contributed by atoms with van der Waals surface area (Å²) in [4.78, 5) is 58.5. The van der Waals surface area contributed by atoms with Crippen LogP contribution in [0.2, 0.25) is 0 Å². The van der Waals surface area contributed by atoms with Gasteiger partial charge in [-0.15, -0.1) is 0 Å².